The molecule has 1 unspecified atom stereocenters. The van der Waals surface area contributed by atoms with E-state index in [1.807, 2.05) is 12.1 Å². The molecule has 2 saturated heterocycles. The largest absolute Gasteiger partial charge is 0.369 e. The van der Waals surface area contributed by atoms with E-state index < -0.39 is 0 Å². The number of piperidine rings is 1. The molecule has 0 radical (unpaired) electrons. The predicted molar refractivity (Wildman–Crippen MR) is 103 cm³/mol. The summed E-state index contributed by atoms with van der Waals surface area (Å²) in [6.07, 6.45) is 6.72. The fraction of sp³-hybridized carbons (Fsp3) is 0.550. The summed E-state index contributed by atoms with van der Waals surface area (Å²) in [7, 11) is 0. The van der Waals surface area contributed by atoms with Gasteiger partial charge in [-0.3, -0.25) is 9.97 Å². The van der Waals surface area contributed by atoms with Crippen LogP contribution in [0.3, 0.4) is 0 Å². The smallest absolute Gasteiger partial charge is 0.113 e. The lowest BCUT2D eigenvalue weighted by atomic mass is 9.90. The second-order valence-electron chi connectivity index (χ2n) is 8.05. The van der Waals surface area contributed by atoms with Crippen LogP contribution in [0.15, 0.2) is 24.5 Å². The van der Waals surface area contributed by atoms with Gasteiger partial charge < -0.3 is 15.5 Å². The molecule has 2 aromatic rings. The van der Waals surface area contributed by atoms with Crippen LogP contribution in [0.4, 0.5) is 5.69 Å². The van der Waals surface area contributed by atoms with Crippen LogP contribution in [0.25, 0.3) is 11.0 Å². The highest BCUT2D eigenvalue weighted by Crippen LogP contribution is 2.31. The van der Waals surface area contributed by atoms with Crippen molar-refractivity contribution < 1.29 is 0 Å². The van der Waals surface area contributed by atoms with Crippen molar-refractivity contribution in [1.29, 1.82) is 5.26 Å². The van der Waals surface area contributed by atoms with Gasteiger partial charge in [-0.25, -0.2) is 0 Å². The molecule has 2 aliphatic rings. The molecular weight excluding hydrogens is 324 g/mol. The average Bonchev–Trinajstić information content (AvgIpc) is 3.11. The summed E-state index contributed by atoms with van der Waals surface area (Å²) in [6.45, 7) is 7.59. The van der Waals surface area contributed by atoms with Gasteiger partial charge in [0.25, 0.3) is 0 Å². The summed E-state index contributed by atoms with van der Waals surface area (Å²) in [5, 5.41) is 9.31. The molecule has 4 rings (SSSR count). The Morgan fingerprint density at radius 2 is 1.92 bits per heavy atom. The van der Waals surface area contributed by atoms with Gasteiger partial charge in [-0.1, -0.05) is 0 Å². The van der Waals surface area contributed by atoms with E-state index in [0.29, 0.717) is 17.0 Å². The van der Waals surface area contributed by atoms with E-state index in [9.17, 15) is 5.26 Å². The van der Waals surface area contributed by atoms with Crippen molar-refractivity contribution >= 4 is 16.7 Å². The van der Waals surface area contributed by atoms with Gasteiger partial charge in [0, 0.05) is 37.6 Å². The summed E-state index contributed by atoms with van der Waals surface area (Å²) >= 11 is 0. The van der Waals surface area contributed by atoms with Crippen molar-refractivity contribution in [1.82, 2.24) is 14.9 Å². The van der Waals surface area contributed by atoms with Crippen LogP contribution in [0.2, 0.25) is 0 Å². The van der Waals surface area contributed by atoms with E-state index in [0.717, 1.165) is 56.8 Å². The third-order valence-corrected chi connectivity index (χ3v) is 5.87. The van der Waals surface area contributed by atoms with Crippen LogP contribution in [-0.2, 0) is 0 Å². The molecule has 1 atom stereocenters. The Morgan fingerprint density at radius 3 is 2.65 bits per heavy atom. The molecule has 26 heavy (non-hydrogen) atoms. The van der Waals surface area contributed by atoms with E-state index in [4.69, 9.17) is 5.73 Å². The lowest BCUT2D eigenvalue weighted by Gasteiger charge is -2.37. The van der Waals surface area contributed by atoms with Crippen molar-refractivity contribution in [3.63, 3.8) is 0 Å². The molecule has 1 aromatic heterocycles. The normalized spacial score (nSPS) is 23.3. The molecule has 0 bridgehead atoms. The number of likely N-dealkylation sites (tertiary alicyclic amines) is 1. The number of nitrogens with two attached hydrogens (primary N) is 1. The Hall–Kier alpha value is -2.23. The zero-order valence-electron chi connectivity index (χ0n) is 15.4. The van der Waals surface area contributed by atoms with E-state index in [1.54, 1.807) is 12.4 Å². The first-order valence-corrected chi connectivity index (χ1v) is 9.46. The van der Waals surface area contributed by atoms with Crippen LogP contribution < -0.4 is 10.6 Å². The maximum Gasteiger partial charge on any atom is 0.113 e. The highest BCUT2D eigenvalue weighted by Gasteiger charge is 2.30. The Labute approximate surface area is 154 Å². The number of nitrogens with zero attached hydrogens (tertiary/aromatic N) is 5. The first-order chi connectivity index (χ1) is 12.6. The van der Waals surface area contributed by atoms with Crippen LogP contribution in [-0.4, -0.2) is 53.1 Å². The van der Waals surface area contributed by atoms with Gasteiger partial charge in [-0.05, 0) is 57.3 Å². The second-order valence-corrected chi connectivity index (χ2v) is 8.05. The van der Waals surface area contributed by atoms with Gasteiger partial charge in [0.1, 0.15) is 17.1 Å². The number of anilines is 1. The number of fused-ring (bicyclic) bond motifs is 1. The van der Waals surface area contributed by atoms with E-state index in [1.165, 1.54) is 6.42 Å². The summed E-state index contributed by atoms with van der Waals surface area (Å²) in [5.74, 6) is 0.666. The first-order valence-electron chi connectivity index (χ1n) is 9.46. The summed E-state index contributed by atoms with van der Waals surface area (Å²) in [4.78, 5) is 13.9. The van der Waals surface area contributed by atoms with Crippen molar-refractivity contribution in [3.8, 4) is 6.07 Å². The molecule has 1 aromatic carbocycles. The Kier molecular flexibility index (Phi) is 4.51. The van der Waals surface area contributed by atoms with Crippen molar-refractivity contribution in [3.05, 3.63) is 30.1 Å². The topological polar surface area (TPSA) is 82.1 Å². The van der Waals surface area contributed by atoms with Crippen molar-refractivity contribution in [2.75, 3.05) is 37.6 Å². The number of rotatable bonds is 3. The van der Waals surface area contributed by atoms with Crippen LogP contribution >= 0.6 is 0 Å². The minimum atomic E-state index is 0.0122. The maximum absolute atomic E-state index is 9.31. The molecule has 2 N–H and O–H groups in total. The minimum absolute atomic E-state index is 0.0122. The van der Waals surface area contributed by atoms with Crippen molar-refractivity contribution in [2.24, 2.45) is 11.7 Å². The third-order valence-electron chi connectivity index (χ3n) is 5.87. The molecule has 3 heterocycles. The number of nitriles is 1. The molecule has 6 nitrogen and oxygen atoms in total. The summed E-state index contributed by atoms with van der Waals surface area (Å²) < 4.78 is 0. The lowest BCUT2D eigenvalue weighted by Crippen LogP contribution is -2.49. The van der Waals surface area contributed by atoms with E-state index in [-0.39, 0.29) is 5.54 Å². The summed E-state index contributed by atoms with van der Waals surface area (Å²) in [6, 6.07) is 6.11. The lowest BCUT2D eigenvalue weighted by molar-refractivity contribution is 0.154. The van der Waals surface area contributed by atoms with Crippen LogP contribution in [0.1, 0.15) is 31.7 Å². The van der Waals surface area contributed by atoms with Gasteiger partial charge >= 0.3 is 0 Å². The van der Waals surface area contributed by atoms with E-state index in [2.05, 4.69) is 32.8 Å². The molecule has 0 spiro atoms. The number of hydrogen-bond acceptors (Lipinski definition) is 6. The zero-order valence-corrected chi connectivity index (χ0v) is 15.4. The minimum Gasteiger partial charge on any atom is -0.369 e. The second kappa shape index (κ2) is 6.82. The number of benzene rings is 1. The van der Waals surface area contributed by atoms with Gasteiger partial charge in [-0.2, -0.15) is 5.26 Å². The fourth-order valence-corrected chi connectivity index (χ4v) is 4.20. The highest BCUT2D eigenvalue weighted by molar-refractivity contribution is 5.92. The molecule has 6 heteroatoms. The first kappa shape index (κ1) is 17.2. The predicted octanol–water partition coefficient (Wildman–Crippen LogP) is 2.14. The third kappa shape index (κ3) is 3.37. The Morgan fingerprint density at radius 1 is 1.19 bits per heavy atom. The van der Waals surface area contributed by atoms with Gasteiger partial charge in [0.15, 0.2) is 0 Å². The molecule has 0 saturated carbocycles. The van der Waals surface area contributed by atoms with Crippen molar-refractivity contribution in [2.45, 2.75) is 31.7 Å². The molecule has 0 amide bonds. The SMILES string of the molecule is CC1(N)CCN(CC2CCN(c3ccc(C#N)c4nccnc34)C2)CC1. The number of hydrogen-bond donors (Lipinski definition) is 1. The fourth-order valence-electron chi connectivity index (χ4n) is 4.20. The molecule has 2 fully saturated rings. The molecule has 136 valence electrons. The Balaban J connectivity index is 1.46. The van der Waals surface area contributed by atoms with Crippen LogP contribution in [0.5, 0.6) is 0 Å². The zero-order chi connectivity index (χ0) is 18.1. The van der Waals surface area contributed by atoms with E-state index >= 15 is 0 Å². The standard InChI is InChI=1S/C20H26N6/c1-20(22)5-10-25(11-6-20)13-15-4-9-26(14-15)17-3-2-16(12-21)18-19(17)24-8-7-23-18/h2-3,7-8,15H,4-6,9-11,13-14,22H2,1H3. The highest BCUT2D eigenvalue weighted by atomic mass is 15.2. The molecule has 0 aliphatic carbocycles. The monoisotopic (exact) mass is 350 g/mol. The molecule has 2 aliphatic heterocycles. The average molecular weight is 350 g/mol. The van der Waals surface area contributed by atoms with Gasteiger partial charge in [0.2, 0.25) is 0 Å². The quantitative estimate of drug-likeness (QED) is 0.913. The molecular formula is C20H26N6. The number of aromatic nitrogens is 2. The van der Waals surface area contributed by atoms with Gasteiger partial charge in [0.05, 0.1) is 11.3 Å². The van der Waals surface area contributed by atoms with Crippen LogP contribution in [0, 0.1) is 17.2 Å². The van der Waals surface area contributed by atoms with Gasteiger partial charge in [-0.15, -0.1) is 0 Å². The Bertz CT molecular complexity index is 830. The summed E-state index contributed by atoms with van der Waals surface area (Å²) in [5.41, 5.74) is 9.49. The maximum atomic E-state index is 9.31.